The molecule has 2 fully saturated rings. The minimum Gasteiger partial charge on any atom is -0.497 e. The van der Waals surface area contributed by atoms with E-state index in [0.717, 1.165) is 0 Å². The van der Waals surface area contributed by atoms with Gasteiger partial charge in [0.25, 0.3) is 0 Å². The van der Waals surface area contributed by atoms with Crippen LogP contribution in [-0.4, -0.2) is 58.5 Å². The molecule has 182 valence electrons. The number of Topliss-reactive ketones (excluding diaryl/α,β-unsaturated/α-hetero) is 1. The molecule has 6 atom stereocenters. The Morgan fingerprint density at radius 2 is 1.67 bits per heavy atom. The third-order valence-corrected chi connectivity index (χ3v) is 7.41. The lowest BCUT2D eigenvalue weighted by atomic mass is 9.67. The van der Waals surface area contributed by atoms with E-state index < -0.39 is 46.7 Å². The van der Waals surface area contributed by atoms with Crippen molar-refractivity contribution in [2.24, 2.45) is 17.3 Å². The van der Waals surface area contributed by atoms with Crippen LogP contribution in [0.1, 0.15) is 64.2 Å². The summed E-state index contributed by atoms with van der Waals surface area (Å²) >= 11 is 0. The molecule has 0 spiro atoms. The van der Waals surface area contributed by atoms with E-state index in [-0.39, 0.29) is 36.5 Å². The first-order valence-corrected chi connectivity index (χ1v) is 11.2. The molecule has 0 amide bonds. The lowest BCUT2D eigenvalue weighted by Gasteiger charge is -2.42. The average Bonchev–Trinajstić information content (AvgIpc) is 2.90. The Morgan fingerprint density at radius 1 is 1.06 bits per heavy atom. The molecule has 8 heteroatoms. The molecule has 0 aromatic heterocycles. The first kappa shape index (κ1) is 25.2. The molecule has 8 nitrogen and oxygen atoms in total. The summed E-state index contributed by atoms with van der Waals surface area (Å²) < 4.78 is 16.6. The molecule has 33 heavy (non-hydrogen) atoms. The molecule has 0 radical (unpaired) electrons. The lowest BCUT2D eigenvalue weighted by Crippen LogP contribution is -2.53. The maximum Gasteiger partial charge on any atom is 0.338 e. The van der Waals surface area contributed by atoms with Crippen LogP contribution in [0.3, 0.4) is 0 Å². The van der Waals surface area contributed by atoms with Crippen molar-refractivity contribution in [2.75, 3.05) is 7.11 Å². The van der Waals surface area contributed by atoms with Crippen molar-refractivity contribution in [3.8, 4) is 5.75 Å². The Hall–Kier alpha value is -2.45. The summed E-state index contributed by atoms with van der Waals surface area (Å²) in [6, 6.07) is 6.38. The van der Waals surface area contributed by atoms with Crippen LogP contribution in [-0.2, 0) is 19.1 Å². The number of ether oxygens (including phenoxy) is 3. The van der Waals surface area contributed by atoms with Gasteiger partial charge in [0, 0.05) is 32.1 Å². The fraction of sp³-hybridized carbons (Fsp3) is 0.640. The Balaban J connectivity index is 2.07. The van der Waals surface area contributed by atoms with E-state index in [4.69, 9.17) is 14.2 Å². The van der Waals surface area contributed by atoms with Crippen molar-refractivity contribution in [3.05, 3.63) is 29.8 Å². The van der Waals surface area contributed by atoms with Crippen molar-refractivity contribution in [2.45, 2.75) is 77.3 Å². The zero-order valence-corrected chi connectivity index (χ0v) is 20.1. The number of benzene rings is 1. The first-order valence-electron chi connectivity index (χ1n) is 11.2. The van der Waals surface area contributed by atoms with Crippen LogP contribution in [0.5, 0.6) is 5.75 Å². The van der Waals surface area contributed by atoms with Crippen LogP contribution >= 0.6 is 0 Å². The van der Waals surface area contributed by atoms with Crippen LogP contribution in [0.25, 0.3) is 0 Å². The summed E-state index contributed by atoms with van der Waals surface area (Å²) in [6.45, 7) is 8.03. The molecule has 0 aliphatic heterocycles. The van der Waals surface area contributed by atoms with E-state index in [9.17, 15) is 24.6 Å². The number of hydrogen-bond acceptors (Lipinski definition) is 8. The molecule has 0 heterocycles. The van der Waals surface area contributed by atoms with Gasteiger partial charge < -0.3 is 24.4 Å². The lowest BCUT2D eigenvalue weighted by molar-refractivity contribution is -0.159. The highest BCUT2D eigenvalue weighted by atomic mass is 16.6. The Bertz CT molecular complexity index is 921. The number of hydrogen-bond donors (Lipinski definition) is 2. The van der Waals surface area contributed by atoms with Crippen molar-refractivity contribution in [1.82, 2.24) is 0 Å². The summed E-state index contributed by atoms with van der Waals surface area (Å²) in [4.78, 5) is 38.4. The second kappa shape index (κ2) is 8.72. The Morgan fingerprint density at radius 3 is 2.18 bits per heavy atom. The minimum absolute atomic E-state index is 0.0376. The molecule has 2 aliphatic carbocycles. The van der Waals surface area contributed by atoms with Gasteiger partial charge in [0.2, 0.25) is 0 Å². The van der Waals surface area contributed by atoms with Crippen LogP contribution in [0.15, 0.2) is 24.3 Å². The highest BCUT2D eigenvalue weighted by Crippen LogP contribution is 2.59. The Kier molecular flexibility index (Phi) is 6.65. The monoisotopic (exact) mass is 462 g/mol. The number of carbonyl (C=O) groups is 3. The SMILES string of the molecule is COc1ccc(C(=O)O[C@@H]2C[C@](C)(O)CC(=O)[C@]3(C)[C@@H](OC(C)=O)C[C@](O)(C(C)C)[C@@H]23)cc1. The summed E-state index contributed by atoms with van der Waals surface area (Å²) in [5, 5.41) is 22.8. The molecular weight excluding hydrogens is 428 g/mol. The standard InChI is InChI=1S/C25H34O8/c1-14(2)25(30)13-20(32-15(3)26)24(5)19(27)12-23(4,29)11-18(21(24)25)33-22(28)16-7-9-17(31-6)10-8-16/h7-10,14,18,20-21,29-30H,11-13H2,1-6H3/t18-,20+,21+,23+,24-,25+/m1/s1. The maximum absolute atomic E-state index is 13.5. The number of carbonyl (C=O) groups excluding carboxylic acids is 3. The van der Waals surface area contributed by atoms with E-state index in [0.29, 0.717) is 5.75 Å². The highest BCUT2D eigenvalue weighted by Gasteiger charge is 2.69. The molecule has 0 bridgehead atoms. The van der Waals surface area contributed by atoms with Gasteiger partial charge in [-0.1, -0.05) is 13.8 Å². The van der Waals surface area contributed by atoms with Crippen molar-refractivity contribution >= 4 is 17.7 Å². The normalized spacial score (nSPS) is 36.2. The predicted octanol–water partition coefficient (Wildman–Crippen LogP) is 2.68. The third kappa shape index (κ3) is 4.51. The molecule has 2 aliphatic rings. The van der Waals surface area contributed by atoms with Gasteiger partial charge in [-0.2, -0.15) is 0 Å². The van der Waals surface area contributed by atoms with E-state index in [1.807, 2.05) is 13.8 Å². The fourth-order valence-corrected chi connectivity index (χ4v) is 5.58. The number of methoxy groups -OCH3 is 1. The van der Waals surface area contributed by atoms with E-state index in [2.05, 4.69) is 0 Å². The summed E-state index contributed by atoms with van der Waals surface area (Å²) in [6.07, 6.45) is -2.10. The molecule has 0 unspecified atom stereocenters. The molecule has 2 saturated carbocycles. The summed E-state index contributed by atoms with van der Waals surface area (Å²) in [7, 11) is 1.52. The molecule has 1 aromatic carbocycles. The number of ketones is 1. The molecule has 2 N–H and O–H groups in total. The van der Waals surface area contributed by atoms with Gasteiger partial charge in [-0.25, -0.2) is 4.79 Å². The van der Waals surface area contributed by atoms with Gasteiger partial charge >= 0.3 is 11.9 Å². The zero-order valence-electron chi connectivity index (χ0n) is 20.1. The van der Waals surface area contributed by atoms with E-state index in [1.54, 1.807) is 31.2 Å². The van der Waals surface area contributed by atoms with Crippen molar-refractivity contribution in [1.29, 1.82) is 0 Å². The van der Waals surface area contributed by atoms with Gasteiger partial charge in [-0.15, -0.1) is 0 Å². The van der Waals surface area contributed by atoms with Crippen LogP contribution in [0, 0.1) is 17.3 Å². The van der Waals surface area contributed by atoms with E-state index >= 15 is 0 Å². The summed E-state index contributed by atoms with van der Waals surface area (Å²) in [5.74, 6) is -2.17. The fourth-order valence-electron chi connectivity index (χ4n) is 5.58. The Labute approximate surface area is 194 Å². The molecule has 3 rings (SSSR count). The quantitative estimate of drug-likeness (QED) is 0.641. The van der Waals surface area contributed by atoms with Crippen molar-refractivity contribution < 1.29 is 38.8 Å². The number of aliphatic hydroxyl groups is 2. The molecule has 0 saturated heterocycles. The van der Waals surface area contributed by atoms with Gasteiger partial charge in [-0.3, -0.25) is 9.59 Å². The number of esters is 2. The third-order valence-electron chi connectivity index (χ3n) is 7.41. The molecule has 1 aromatic rings. The van der Waals surface area contributed by atoms with Crippen molar-refractivity contribution in [3.63, 3.8) is 0 Å². The average molecular weight is 463 g/mol. The topological polar surface area (TPSA) is 119 Å². The second-order valence-corrected chi connectivity index (χ2v) is 10.2. The zero-order chi connectivity index (χ0) is 24.8. The van der Waals surface area contributed by atoms with Gasteiger partial charge in [0.05, 0.1) is 29.3 Å². The first-order chi connectivity index (χ1) is 15.2. The van der Waals surface area contributed by atoms with E-state index in [1.165, 1.54) is 21.0 Å². The van der Waals surface area contributed by atoms with Crippen LogP contribution in [0.2, 0.25) is 0 Å². The minimum atomic E-state index is -1.46. The maximum atomic E-state index is 13.5. The summed E-state index contributed by atoms with van der Waals surface area (Å²) in [5.41, 5.74) is -3.99. The van der Waals surface area contributed by atoms with Crippen LogP contribution < -0.4 is 4.74 Å². The van der Waals surface area contributed by atoms with Crippen LogP contribution in [0.4, 0.5) is 0 Å². The predicted molar refractivity (Wildman–Crippen MR) is 119 cm³/mol. The smallest absolute Gasteiger partial charge is 0.338 e. The van der Waals surface area contributed by atoms with Gasteiger partial charge in [-0.05, 0) is 44.0 Å². The second-order valence-electron chi connectivity index (χ2n) is 10.2. The number of fused-ring (bicyclic) bond motifs is 1. The van der Waals surface area contributed by atoms with Gasteiger partial charge in [0.15, 0.2) is 0 Å². The number of rotatable bonds is 5. The highest BCUT2D eigenvalue weighted by molar-refractivity contribution is 5.90. The largest absolute Gasteiger partial charge is 0.497 e. The van der Waals surface area contributed by atoms with Gasteiger partial charge in [0.1, 0.15) is 23.7 Å². The molecular formula is C25H34O8.